The molecule has 0 spiro atoms. The van der Waals surface area contributed by atoms with Gasteiger partial charge in [0, 0.05) is 0 Å². The highest BCUT2D eigenvalue weighted by molar-refractivity contribution is 8.11. The zero-order chi connectivity index (χ0) is 4.95. The fraction of sp³-hybridized carbons (Fsp3) is 1.00. The van der Waals surface area contributed by atoms with Crippen molar-refractivity contribution in [3.63, 3.8) is 0 Å². The molecule has 0 aromatic heterocycles. The standard InChI is InChI=1S/C5H12P2/c1-2-4-6-7-5-3-1/h6-7H,1-5H2. The normalized spacial score (nSPS) is 30.9. The summed E-state index contributed by atoms with van der Waals surface area (Å²) in [5.41, 5.74) is 0. The third kappa shape index (κ3) is 2.62. The molecule has 1 aliphatic heterocycles. The summed E-state index contributed by atoms with van der Waals surface area (Å²) in [7, 11) is 2.65. The van der Waals surface area contributed by atoms with Crippen molar-refractivity contribution in [2.75, 3.05) is 12.3 Å². The van der Waals surface area contributed by atoms with Gasteiger partial charge in [0.1, 0.15) is 0 Å². The molecule has 2 unspecified atom stereocenters. The lowest BCUT2D eigenvalue weighted by molar-refractivity contribution is 0.789. The lowest BCUT2D eigenvalue weighted by Crippen LogP contribution is -1.73. The molecule has 1 saturated heterocycles. The van der Waals surface area contributed by atoms with Gasteiger partial charge in [0.25, 0.3) is 0 Å². The predicted molar refractivity (Wildman–Crippen MR) is 40.2 cm³/mol. The number of rotatable bonds is 0. The van der Waals surface area contributed by atoms with Gasteiger partial charge in [0.05, 0.1) is 0 Å². The van der Waals surface area contributed by atoms with Gasteiger partial charge < -0.3 is 0 Å². The van der Waals surface area contributed by atoms with Crippen molar-refractivity contribution in [3.8, 4) is 0 Å². The van der Waals surface area contributed by atoms with Crippen molar-refractivity contribution in [1.82, 2.24) is 0 Å². The molecular formula is C5H12P2. The van der Waals surface area contributed by atoms with Crippen LogP contribution in [-0.2, 0) is 0 Å². The molecule has 0 aromatic carbocycles. The zero-order valence-corrected chi connectivity index (χ0v) is 6.54. The molecular weight excluding hydrogens is 122 g/mol. The van der Waals surface area contributed by atoms with Crippen LogP contribution in [-0.4, -0.2) is 12.3 Å². The molecule has 1 rings (SSSR count). The van der Waals surface area contributed by atoms with Crippen LogP contribution in [0.4, 0.5) is 0 Å². The fourth-order valence-electron chi connectivity index (χ4n) is 0.780. The van der Waals surface area contributed by atoms with Gasteiger partial charge in [0.15, 0.2) is 0 Å². The van der Waals surface area contributed by atoms with Crippen molar-refractivity contribution in [1.29, 1.82) is 0 Å². The molecule has 0 saturated carbocycles. The van der Waals surface area contributed by atoms with E-state index in [2.05, 4.69) is 0 Å². The molecule has 0 nitrogen and oxygen atoms in total. The first-order chi connectivity index (χ1) is 3.50. The maximum Gasteiger partial charge on any atom is -0.0317 e. The van der Waals surface area contributed by atoms with E-state index in [1.54, 1.807) is 12.3 Å². The Balaban J connectivity index is 2.04. The largest absolute Gasteiger partial charge is 0.0992 e. The molecule has 0 aromatic rings. The topological polar surface area (TPSA) is 0 Å². The van der Waals surface area contributed by atoms with Crippen LogP contribution in [0.15, 0.2) is 0 Å². The molecule has 0 N–H and O–H groups in total. The second kappa shape index (κ2) is 3.81. The maximum atomic E-state index is 1.54. The average molecular weight is 134 g/mol. The number of hydrogen-bond donors (Lipinski definition) is 0. The lowest BCUT2D eigenvalue weighted by atomic mass is 10.3. The quantitative estimate of drug-likeness (QED) is 0.446. The summed E-state index contributed by atoms with van der Waals surface area (Å²) in [4.78, 5) is 0. The van der Waals surface area contributed by atoms with Crippen molar-refractivity contribution < 1.29 is 0 Å². The predicted octanol–water partition coefficient (Wildman–Crippen LogP) is 2.44. The van der Waals surface area contributed by atoms with E-state index in [1.165, 1.54) is 35.8 Å². The van der Waals surface area contributed by atoms with E-state index < -0.39 is 0 Å². The minimum atomic E-state index is 1.32. The SMILES string of the molecule is C1CCPPCC1. The summed E-state index contributed by atoms with van der Waals surface area (Å²) in [6.45, 7) is 0. The Morgan fingerprint density at radius 3 is 1.86 bits per heavy atom. The van der Waals surface area contributed by atoms with Crippen molar-refractivity contribution in [2.24, 2.45) is 0 Å². The molecule has 7 heavy (non-hydrogen) atoms. The van der Waals surface area contributed by atoms with Crippen LogP contribution in [0.3, 0.4) is 0 Å². The van der Waals surface area contributed by atoms with Crippen LogP contribution in [0.2, 0.25) is 0 Å². The summed E-state index contributed by atoms with van der Waals surface area (Å²) in [6.07, 6.45) is 7.63. The van der Waals surface area contributed by atoms with E-state index in [0.29, 0.717) is 0 Å². The van der Waals surface area contributed by atoms with Crippen LogP contribution in [0.1, 0.15) is 19.3 Å². The monoisotopic (exact) mass is 134 g/mol. The maximum absolute atomic E-state index is 1.54. The second-order valence-electron chi connectivity index (χ2n) is 1.91. The molecule has 0 amide bonds. The molecule has 1 fully saturated rings. The first kappa shape index (κ1) is 5.99. The summed E-state index contributed by atoms with van der Waals surface area (Å²) >= 11 is 0. The van der Waals surface area contributed by atoms with Crippen LogP contribution in [0, 0.1) is 0 Å². The Morgan fingerprint density at radius 1 is 0.714 bits per heavy atom. The minimum Gasteiger partial charge on any atom is -0.0992 e. The summed E-state index contributed by atoms with van der Waals surface area (Å²) in [6, 6.07) is 0. The van der Waals surface area contributed by atoms with E-state index in [1.807, 2.05) is 0 Å². The van der Waals surface area contributed by atoms with Gasteiger partial charge in [0.2, 0.25) is 0 Å². The highest BCUT2D eigenvalue weighted by atomic mass is 32.0. The average Bonchev–Trinajstić information content (AvgIpc) is 1.90. The zero-order valence-electron chi connectivity index (χ0n) is 4.54. The summed E-state index contributed by atoms with van der Waals surface area (Å²) in [5.74, 6) is 0. The van der Waals surface area contributed by atoms with Crippen LogP contribution < -0.4 is 0 Å². The smallest absolute Gasteiger partial charge is 0.0317 e. The first-order valence-electron chi connectivity index (χ1n) is 2.96. The molecule has 0 radical (unpaired) electrons. The lowest BCUT2D eigenvalue weighted by Gasteiger charge is -1.87. The Labute approximate surface area is 48.9 Å². The van der Waals surface area contributed by atoms with E-state index in [9.17, 15) is 0 Å². The summed E-state index contributed by atoms with van der Waals surface area (Å²) < 4.78 is 0. The van der Waals surface area contributed by atoms with E-state index in [-0.39, 0.29) is 0 Å². The van der Waals surface area contributed by atoms with Crippen molar-refractivity contribution >= 4 is 16.5 Å². The van der Waals surface area contributed by atoms with Gasteiger partial charge in [-0.05, 0) is 25.2 Å². The highest BCUT2D eigenvalue weighted by Gasteiger charge is 1.95. The Morgan fingerprint density at radius 2 is 1.29 bits per heavy atom. The fourth-order valence-corrected chi connectivity index (χ4v) is 4.11. The Hall–Kier alpha value is 0.860. The van der Waals surface area contributed by atoms with Gasteiger partial charge in [-0.15, -0.1) is 0 Å². The molecule has 0 bridgehead atoms. The third-order valence-electron chi connectivity index (χ3n) is 1.23. The molecule has 1 aliphatic rings. The second-order valence-corrected chi connectivity index (χ2v) is 5.74. The highest BCUT2D eigenvalue weighted by Crippen LogP contribution is 2.40. The third-order valence-corrected chi connectivity index (χ3v) is 4.94. The van der Waals surface area contributed by atoms with E-state index in [4.69, 9.17) is 0 Å². The van der Waals surface area contributed by atoms with Gasteiger partial charge in [-0.25, -0.2) is 0 Å². The van der Waals surface area contributed by atoms with E-state index >= 15 is 0 Å². The van der Waals surface area contributed by atoms with Gasteiger partial charge in [-0.2, -0.15) is 0 Å². The van der Waals surface area contributed by atoms with Crippen molar-refractivity contribution in [2.45, 2.75) is 19.3 Å². The first-order valence-corrected chi connectivity index (χ1v) is 6.37. The van der Waals surface area contributed by atoms with Crippen molar-refractivity contribution in [3.05, 3.63) is 0 Å². The number of hydrogen-bond acceptors (Lipinski definition) is 0. The van der Waals surface area contributed by atoms with Gasteiger partial charge >= 0.3 is 0 Å². The Bertz CT molecular complexity index is 25.7. The van der Waals surface area contributed by atoms with E-state index in [0.717, 1.165) is 0 Å². The summed E-state index contributed by atoms with van der Waals surface area (Å²) in [5, 5.41) is 0. The minimum absolute atomic E-state index is 1.32. The Kier molecular flexibility index (Phi) is 3.26. The molecule has 0 aliphatic carbocycles. The molecule has 2 heteroatoms. The molecule has 42 valence electrons. The van der Waals surface area contributed by atoms with Gasteiger partial charge in [-0.1, -0.05) is 23.0 Å². The molecule has 2 atom stereocenters. The van der Waals surface area contributed by atoms with Crippen LogP contribution in [0.5, 0.6) is 0 Å². The van der Waals surface area contributed by atoms with Gasteiger partial charge in [-0.3, -0.25) is 0 Å². The van der Waals surface area contributed by atoms with Crippen LogP contribution in [0.25, 0.3) is 0 Å². The van der Waals surface area contributed by atoms with Crippen LogP contribution >= 0.6 is 16.5 Å². The molecule has 1 heterocycles.